The second-order valence-corrected chi connectivity index (χ2v) is 15.8. The van der Waals surface area contributed by atoms with E-state index in [2.05, 4.69) is 38.3 Å². The van der Waals surface area contributed by atoms with E-state index in [4.69, 9.17) is 24.8 Å². The van der Waals surface area contributed by atoms with E-state index in [1.165, 1.54) is 6.42 Å². The largest absolute Gasteiger partial charge is 0.496 e. The number of ether oxygens (including phenoxy) is 3. The number of methoxy groups -OCH3 is 2. The van der Waals surface area contributed by atoms with Gasteiger partial charge in [-0.1, -0.05) is 64.4 Å². The van der Waals surface area contributed by atoms with Crippen molar-refractivity contribution in [1.29, 1.82) is 0 Å². The molecule has 11 nitrogen and oxygen atoms in total. The monoisotopic (exact) mass is 722 g/mol. The minimum Gasteiger partial charge on any atom is -0.496 e. The molecule has 2 aromatic carbocycles. The Kier molecular flexibility index (Phi) is 13.3. The molecule has 0 aromatic heterocycles. The first-order valence-corrected chi connectivity index (χ1v) is 19.2. The van der Waals surface area contributed by atoms with Crippen LogP contribution in [0.25, 0.3) is 11.1 Å². The molecule has 1 aliphatic heterocycles. The number of nitrogens with two attached hydrogens (primary N) is 1. The molecule has 0 spiro atoms. The highest BCUT2D eigenvalue weighted by molar-refractivity contribution is 5.99. The number of hydrogen-bond acceptors (Lipinski definition) is 9. The average Bonchev–Trinajstić information content (AvgIpc) is 3.51. The molecule has 2 aromatic rings. The van der Waals surface area contributed by atoms with Crippen LogP contribution in [-0.4, -0.2) is 87.3 Å². The molecule has 5 N–H and O–H groups in total. The molecular weight excluding hydrogens is 660 g/mol. The van der Waals surface area contributed by atoms with E-state index in [0.717, 1.165) is 42.4 Å². The highest BCUT2D eigenvalue weighted by atomic mass is 16.7. The Hall–Kier alpha value is -3.22. The highest BCUT2D eigenvalue weighted by Gasteiger charge is 2.57. The summed E-state index contributed by atoms with van der Waals surface area (Å²) in [5.74, 6) is 1.93. The molecule has 6 rings (SSSR count). The average molecular weight is 723 g/mol. The number of amides is 2. The van der Waals surface area contributed by atoms with Crippen molar-refractivity contribution in [2.75, 3.05) is 41.0 Å². The summed E-state index contributed by atoms with van der Waals surface area (Å²) >= 11 is 0. The summed E-state index contributed by atoms with van der Waals surface area (Å²) in [6.45, 7) is 12.3. The second kappa shape index (κ2) is 17.3. The number of benzene rings is 2. The molecule has 0 radical (unpaired) electrons. The van der Waals surface area contributed by atoms with Gasteiger partial charge in [0.2, 0.25) is 5.91 Å². The molecule has 1 heterocycles. The van der Waals surface area contributed by atoms with Gasteiger partial charge in [0.1, 0.15) is 17.5 Å². The van der Waals surface area contributed by atoms with Crippen molar-refractivity contribution < 1.29 is 33.7 Å². The van der Waals surface area contributed by atoms with E-state index in [0.29, 0.717) is 53.4 Å². The maximum Gasteiger partial charge on any atom is 0.254 e. The van der Waals surface area contributed by atoms with Gasteiger partial charge in [0.25, 0.3) is 5.91 Å². The molecule has 288 valence electrons. The lowest BCUT2D eigenvalue weighted by molar-refractivity contribution is -0.175. The molecular formula is C41H62N4O7. The van der Waals surface area contributed by atoms with Crippen molar-refractivity contribution in [3.05, 3.63) is 47.5 Å². The molecule has 3 aliphatic carbocycles. The van der Waals surface area contributed by atoms with Crippen LogP contribution in [0.1, 0.15) is 82.6 Å². The number of carbonyl (C=O) groups excluding carboxylic acids is 2. The van der Waals surface area contributed by atoms with Crippen molar-refractivity contribution in [3.63, 3.8) is 0 Å². The van der Waals surface area contributed by atoms with Gasteiger partial charge >= 0.3 is 0 Å². The predicted octanol–water partition coefficient (Wildman–Crippen LogP) is 5.18. The quantitative estimate of drug-likeness (QED) is 0.162. The van der Waals surface area contributed by atoms with E-state index in [9.17, 15) is 14.7 Å². The van der Waals surface area contributed by atoms with Crippen LogP contribution in [0.3, 0.4) is 0 Å². The molecule has 1 unspecified atom stereocenters. The summed E-state index contributed by atoms with van der Waals surface area (Å²) in [4.78, 5) is 33.8. The number of rotatable bonds is 17. The van der Waals surface area contributed by atoms with Crippen molar-refractivity contribution in [2.45, 2.75) is 97.6 Å². The van der Waals surface area contributed by atoms with Gasteiger partial charge in [0.15, 0.2) is 0 Å². The summed E-state index contributed by atoms with van der Waals surface area (Å²) in [7, 11) is 4.93. The van der Waals surface area contributed by atoms with Crippen LogP contribution >= 0.6 is 0 Å². The van der Waals surface area contributed by atoms with Gasteiger partial charge in [-0.05, 0) is 67.8 Å². The molecule has 4 aliphatic rings. The third kappa shape index (κ3) is 7.99. The zero-order valence-electron chi connectivity index (χ0n) is 32.4. The first-order chi connectivity index (χ1) is 24.9. The summed E-state index contributed by atoms with van der Waals surface area (Å²) in [6.07, 6.45) is 3.60. The molecule has 3 saturated carbocycles. The van der Waals surface area contributed by atoms with E-state index in [-0.39, 0.29) is 36.9 Å². The van der Waals surface area contributed by atoms with Crippen molar-refractivity contribution in [2.24, 2.45) is 40.7 Å². The molecule has 4 fully saturated rings. The zero-order valence-corrected chi connectivity index (χ0v) is 32.4. The molecule has 11 heteroatoms. The molecule has 1 saturated heterocycles. The zero-order chi connectivity index (χ0) is 37.7. The van der Waals surface area contributed by atoms with E-state index in [1.54, 1.807) is 39.3 Å². The third-order valence-corrected chi connectivity index (χ3v) is 12.5. The Morgan fingerprint density at radius 2 is 1.83 bits per heavy atom. The fraction of sp³-hybridized carbons (Fsp3) is 0.659. The topological polar surface area (TPSA) is 145 Å². The minimum atomic E-state index is -0.827. The van der Waals surface area contributed by atoms with Crippen LogP contribution in [0, 0.1) is 35.0 Å². The van der Waals surface area contributed by atoms with Crippen molar-refractivity contribution in [1.82, 2.24) is 15.7 Å². The maximum absolute atomic E-state index is 14.3. The fourth-order valence-electron chi connectivity index (χ4n) is 9.20. The Labute approximate surface area is 310 Å². The van der Waals surface area contributed by atoms with Crippen LogP contribution in [0.4, 0.5) is 0 Å². The number of nitrogens with one attached hydrogen (secondary N) is 2. The first-order valence-electron chi connectivity index (χ1n) is 19.2. The standard InChI is InChI=1S/C41H62N4O7/c1-9-26(13-12-18-49-7)23-51-38-30(16-11-17-31(38)39(47)43-6)29-15-10-14-27(37(29)50-8)22-45-36(35(25(3)46)34(21-42)52-45)40(48)44-33-20-28-19-32(24(33)2)41(28,4)5/h10-11,14-17,24-26,28,32-36,46H,9,12-13,18-23,42H2,1-8H3,(H,43,47)(H,44,48)/t24-,25-,26?,28+,32+,33-,34-,35+,36-/m0/s1. The molecule has 52 heavy (non-hydrogen) atoms. The SMILES string of the molecule is CCC(CCCOC)COc1c(C(=O)NC)cccc1-c1cccc(CN2O[C@@H](CN)[C@@H]([C@H](C)O)[C@H]2C(=O)N[C@H]2C[C@H]3C[C@H]([C@@H]2C)C3(C)C)c1OC. The summed E-state index contributed by atoms with van der Waals surface area (Å²) < 4.78 is 17.9. The number of aliphatic hydroxyl groups is 1. The number of para-hydroxylation sites is 2. The normalized spacial score (nSPS) is 27.7. The lowest BCUT2D eigenvalue weighted by Gasteiger charge is -2.62. The van der Waals surface area contributed by atoms with E-state index < -0.39 is 24.2 Å². The van der Waals surface area contributed by atoms with Gasteiger partial charge in [-0.2, -0.15) is 5.06 Å². The number of aliphatic hydroxyl groups excluding tert-OH is 1. The first kappa shape index (κ1) is 40.0. The van der Waals surface area contributed by atoms with Gasteiger partial charge in [0, 0.05) is 56.0 Å². The molecule has 9 atom stereocenters. The van der Waals surface area contributed by atoms with Crippen LogP contribution in [0.2, 0.25) is 0 Å². The number of fused-ring (bicyclic) bond motifs is 2. The Bertz CT molecular complexity index is 1530. The number of nitrogens with zero attached hydrogens (tertiary/aromatic N) is 1. The fourth-order valence-corrected chi connectivity index (χ4v) is 9.20. The summed E-state index contributed by atoms with van der Waals surface area (Å²) in [5.41, 5.74) is 9.15. The lowest BCUT2D eigenvalue weighted by Crippen LogP contribution is -2.62. The van der Waals surface area contributed by atoms with Gasteiger partial charge in [0.05, 0.1) is 38.0 Å². The van der Waals surface area contributed by atoms with Gasteiger partial charge < -0.3 is 35.7 Å². The predicted molar refractivity (Wildman–Crippen MR) is 202 cm³/mol. The number of hydroxylamine groups is 2. The lowest BCUT2D eigenvalue weighted by atomic mass is 9.45. The summed E-state index contributed by atoms with van der Waals surface area (Å²) in [6, 6.07) is 10.7. The van der Waals surface area contributed by atoms with E-state index >= 15 is 0 Å². The van der Waals surface area contributed by atoms with Crippen LogP contribution < -0.4 is 25.8 Å². The van der Waals surface area contributed by atoms with Gasteiger partial charge in [-0.15, -0.1) is 0 Å². The van der Waals surface area contributed by atoms with E-state index in [1.807, 2.05) is 30.3 Å². The van der Waals surface area contributed by atoms with Gasteiger partial charge in [-0.3, -0.25) is 14.4 Å². The van der Waals surface area contributed by atoms with Crippen molar-refractivity contribution >= 4 is 11.8 Å². The Morgan fingerprint density at radius 3 is 2.42 bits per heavy atom. The molecule has 2 amide bonds. The number of hydrogen-bond donors (Lipinski definition) is 4. The second-order valence-electron chi connectivity index (χ2n) is 15.8. The van der Waals surface area contributed by atoms with Crippen LogP contribution in [0.15, 0.2) is 36.4 Å². The smallest absolute Gasteiger partial charge is 0.254 e. The Balaban J connectivity index is 1.46. The van der Waals surface area contributed by atoms with Gasteiger partial charge in [-0.25, -0.2) is 0 Å². The summed E-state index contributed by atoms with van der Waals surface area (Å²) in [5, 5.41) is 18.8. The van der Waals surface area contributed by atoms with Crippen LogP contribution in [0.5, 0.6) is 11.5 Å². The highest BCUT2D eigenvalue weighted by Crippen LogP contribution is 2.61. The number of carbonyl (C=O) groups is 2. The third-order valence-electron chi connectivity index (χ3n) is 12.5. The molecule has 2 bridgehead atoms. The Morgan fingerprint density at radius 1 is 1.12 bits per heavy atom. The van der Waals surface area contributed by atoms with Crippen molar-refractivity contribution in [3.8, 4) is 22.6 Å². The minimum absolute atomic E-state index is 0.0638. The maximum atomic E-state index is 14.3. The van der Waals surface area contributed by atoms with Crippen LogP contribution in [-0.2, 0) is 20.9 Å².